The minimum atomic E-state index is -0.416. The number of nitrogens with one attached hydrogen (secondary N) is 1. The molecule has 0 fully saturated rings. The summed E-state index contributed by atoms with van der Waals surface area (Å²) in [7, 11) is 0. The van der Waals surface area contributed by atoms with E-state index in [1.165, 1.54) is 0 Å². The standard InChI is InChI=1S/C15H19N3O/c1-9-12(18-14(17-9)15(2,3)4)10-5-7-11(8-6-10)13(16)19/h5-8H,1-4H3,(H2,16,19)(H,17,18). The van der Waals surface area contributed by atoms with Crippen LogP contribution in [0.5, 0.6) is 0 Å². The molecule has 1 amide bonds. The van der Waals surface area contributed by atoms with Gasteiger partial charge in [0, 0.05) is 22.2 Å². The van der Waals surface area contributed by atoms with Crippen molar-refractivity contribution in [3.05, 3.63) is 41.3 Å². The van der Waals surface area contributed by atoms with Gasteiger partial charge >= 0.3 is 0 Å². The van der Waals surface area contributed by atoms with Gasteiger partial charge in [-0.05, 0) is 19.1 Å². The summed E-state index contributed by atoms with van der Waals surface area (Å²) < 4.78 is 0. The van der Waals surface area contributed by atoms with Crippen LogP contribution in [-0.4, -0.2) is 15.9 Å². The quantitative estimate of drug-likeness (QED) is 0.868. The Morgan fingerprint density at radius 1 is 1.21 bits per heavy atom. The number of benzene rings is 1. The van der Waals surface area contributed by atoms with Crippen LogP contribution in [0, 0.1) is 6.92 Å². The van der Waals surface area contributed by atoms with Crippen LogP contribution in [0.25, 0.3) is 11.3 Å². The van der Waals surface area contributed by atoms with Crippen LogP contribution in [0.3, 0.4) is 0 Å². The van der Waals surface area contributed by atoms with Crippen molar-refractivity contribution in [3.63, 3.8) is 0 Å². The van der Waals surface area contributed by atoms with Gasteiger partial charge in [-0.1, -0.05) is 32.9 Å². The number of hydrogen-bond acceptors (Lipinski definition) is 2. The fourth-order valence-electron chi connectivity index (χ4n) is 1.89. The highest BCUT2D eigenvalue weighted by Gasteiger charge is 2.20. The molecule has 100 valence electrons. The fourth-order valence-corrected chi connectivity index (χ4v) is 1.89. The van der Waals surface area contributed by atoms with Gasteiger partial charge in [0.1, 0.15) is 5.82 Å². The number of H-pyrrole nitrogens is 1. The molecule has 19 heavy (non-hydrogen) atoms. The monoisotopic (exact) mass is 257 g/mol. The number of imidazole rings is 1. The third kappa shape index (κ3) is 2.67. The second-order valence-electron chi connectivity index (χ2n) is 5.75. The van der Waals surface area contributed by atoms with Gasteiger partial charge in [-0.2, -0.15) is 0 Å². The summed E-state index contributed by atoms with van der Waals surface area (Å²) in [6.07, 6.45) is 0. The first-order chi connectivity index (χ1) is 8.79. The average Bonchev–Trinajstić information content (AvgIpc) is 2.71. The van der Waals surface area contributed by atoms with Gasteiger partial charge in [-0.15, -0.1) is 0 Å². The van der Waals surface area contributed by atoms with Crippen molar-refractivity contribution < 1.29 is 4.79 Å². The number of amides is 1. The minimum Gasteiger partial charge on any atom is -0.366 e. The Balaban J connectivity index is 2.42. The number of carbonyl (C=O) groups is 1. The van der Waals surface area contributed by atoms with Crippen molar-refractivity contribution >= 4 is 5.91 Å². The molecule has 0 saturated heterocycles. The van der Waals surface area contributed by atoms with E-state index >= 15 is 0 Å². The molecule has 4 heteroatoms. The molecule has 2 rings (SSSR count). The number of hydrogen-bond donors (Lipinski definition) is 2. The van der Waals surface area contributed by atoms with Crippen molar-refractivity contribution in [2.24, 2.45) is 5.73 Å². The van der Waals surface area contributed by atoms with Gasteiger partial charge in [0.15, 0.2) is 0 Å². The fraction of sp³-hybridized carbons (Fsp3) is 0.333. The molecule has 3 N–H and O–H groups in total. The largest absolute Gasteiger partial charge is 0.366 e. The first kappa shape index (κ1) is 13.3. The van der Waals surface area contributed by atoms with E-state index in [-0.39, 0.29) is 5.41 Å². The molecule has 0 aliphatic rings. The lowest BCUT2D eigenvalue weighted by Gasteiger charge is -2.13. The van der Waals surface area contributed by atoms with E-state index in [0.717, 1.165) is 22.8 Å². The maximum Gasteiger partial charge on any atom is 0.248 e. The summed E-state index contributed by atoms with van der Waals surface area (Å²) in [5.41, 5.74) is 8.65. The average molecular weight is 257 g/mol. The van der Waals surface area contributed by atoms with Crippen molar-refractivity contribution in [3.8, 4) is 11.3 Å². The summed E-state index contributed by atoms with van der Waals surface area (Å²) in [5, 5.41) is 0. The zero-order valence-corrected chi connectivity index (χ0v) is 11.7. The zero-order chi connectivity index (χ0) is 14.2. The molecule has 1 aromatic carbocycles. The highest BCUT2D eigenvalue weighted by Crippen LogP contribution is 2.26. The maximum atomic E-state index is 11.1. The molecule has 4 nitrogen and oxygen atoms in total. The van der Waals surface area contributed by atoms with Gasteiger partial charge in [-0.3, -0.25) is 4.79 Å². The SMILES string of the molecule is Cc1[nH]c(C(C)(C)C)nc1-c1ccc(C(N)=O)cc1. The van der Waals surface area contributed by atoms with Crippen LogP contribution in [0.4, 0.5) is 0 Å². The summed E-state index contributed by atoms with van der Waals surface area (Å²) in [5.74, 6) is 0.541. The van der Waals surface area contributed by atoms with Gasteiger partial charge in [0.25, 0.3) is 0 Å². The van der Waals surface area contributed by atoms with E-state index in [1.807, 2.05) is 19.1 Å². The van der Waals surface area contributed by atoms with E-state index in [9.17, 15) is 4.79 Å². The molecule has 0 saturated carbocycles. The van der Waals surface area contributed by atoms with E-state index in [4.69, 9.17) is 5.73 Å². The van der Waals surface area contributed by atoms with Crippen molar-refractivity contribution in [2.75, 3.05) is 0 Å². The first-order valence-electron chi connectivity index (χ1n) is 6.26. The Labute approximate surface area is 113 Å². The smallest absolute Gasteiger partial charge is 0.248 e. The van der Waals surface area contributed by atoms with Crippen LogP contribution in [0.1, 0.15) is 42.6 Å². The molecular formula is C15H19N3O. The van der Waals surface area contributed by atoms with Gasteiger partial charge in [0.2, 0.25) is 5.91 Å². The van der Waals surface area contributed by atoms with E-state index in [0.29, 0.717) is 5.56 Å². The molecule has 1 aromatic heterocycles. The number of aromatic amines is 1. The molecule has 0 bridgehead atoms. The predicted octanol–water partition coefficient (Wildman–Crippen LogP) is 2.78. The molecule has 2 aromatic rings. The Bertz CT molecular complexity index is 603. The molecule has 1 heterocycles. The normalized spacial score (nSPS) is 11.6. The summed E-state index contributed by atoms with van der Waals surface area (Å²) in [6, 6.07) is 7.19. The van der Waals surface area contributed by atoms with E-state index < -0.39 is 5.91 Å². The van der Waals surface area contributed by atoms with Gasteiger partial charge < -0.3 is 10.7 Å². The lowest BCUT2D eigenvalue weighted by molar-refractivity contribution is 0.100. The Hall–Kier alpha value is -2.10. The van der Waals surface area contributed by atoms with Crippen molar-refractivity contribution in [2.45, 2.75) is 33.1 Å². The van der Waals surface area contributed by atoms with Gasteiger partial charge in [-0.25, -0.2) is 4.98 Å². The lowest BCUT2D eigenvalue weighted by Crippen LogP contribution is -2.13. The summed E-state index contributed by atoms with van der Waals surface area (Å²) >= 11 is 0. The second kappa shape index (κ2) is 4.53. The van der Waals surface area contributed by atoms with Crippen LogP contribution >= 0.6 is 0 Å². The molecule has 0 aliphatic carbocycles. The number of aryl methyl sites for hydroxylation is 1. The van der Waals surface area contributed by atoms with Crippen LogP contribution in [0.2, 0.25) is 0 Å². The topological polar surface area (TPSA) is 71.8 Å². The second-order valence-corrected chi connectivity index (χ2v) is 5.75. The molecular weight excluding hydrogens is 238 g/mol. The van der Waals surface area contributed by atoms with Crippen molar-refractivity contribution in [1.82, 2.24) is 9.97 Å². The Kier molecular flexibility index (Phi) is 3.18. The Morgan fingerprint density at radius 2 is 1.79 bits per heavy atom. The van der Waals surface area contributed by atoms with Crippen LogP contribution in [-0.2, 0) is 5.41 Å². The van der Waals surface area contributed by atoms with Crippen molar-refractivity contribution in [1.29, 1.82) is 0 Å². The van der Waals surface area contributed by atoms with Crippen LogP contribution < -0.4 is 5.73 Å². The number of nitrogens with two attached hydrogens (primary N) is 1. The van der Waals surface area contributed by atoms with Crippen LogP contribution in [0.15, 0.2) is 24.3 Å². The third-order valence-electron chi connectivity index (χ3n) is 3.04. The molecule has 0 atom stereocenters. The number of primary amides is 1. The first-order valence-corrected chi connectivity index (χ1v) is 6.26. The minimum absolute atomic E-state index is 0.0177. The van der Waals surface area contributed by atoms with E-state index in [2.05, 4.69) is 30.7 Å². The molecule has 0 radical (unpaired) electrons. The summed E-state index contributed by atoms with van der Waals surface area (Å²) in [6.45, 7) is 8.35. The zero-order valence-electron chi connectivity index (χ0n) is 11.7. The number of aromatic nitrogens is 2. The molecule has 0 aliphatic heterocycles. The maximum absolute atomic E-state index is 11.1. The highest BCUT2D eigenvalue weighted by atomic mass is 16.1. The van der Waals surface area contributed by atoms with Gasteiger partial charge in [0.05, 0.1) is 5.69 Å². The molecule has 0 spiro atoms. The summed E-state index contributed by atoms with van der Waals surface area (Å²) in [4.78, 5) is 19.0. The highest BCUT2D eigenvalue weighted by molar-refractivity contribution is 5.93. The number of carbonyl (C=O) groups excluding carboxylic acids is 1. The third-order valence-corrected chi connectivity index (χ3v) is 3.04. The lowest BCUT2D eigenvalue weighted by atomic mass is 9.96. The van der Waals surface area contributed by atoms with E-state index in [1.54, 1.807) is 12.1 Å². The Morgan fingerprint density at radius 3 is 2.21 bits per heavy atom. The molecule has 0 unspecified atom stereocenters. The number of rotatable bonds is 2. The predicted molar refractivity (Wildman–Crippen MR) is 76.0 cm³/mol. The number of nitrogens with zero attached hydrogens (tertiary/aromatic N) is 1.